The number of pyridine rings is 1. The van der Waals surface area contributed by atoms with Gasteiger partial charge >= 0.3 is 5.97 Å². The van der Waals surface area contributed by atoms with Gasteiger partial charge in [0, 0.05) is 18.4 Å². The average molecular weight is 287 g/mol. The van der Waals surface area contributed by atoms with Crippen molar-refractivity contribution in [3.8, 4) is 0 Å². The molecule has 0 aliphatic rings. The molecule has 6 nitrogen and oxygen atoms in total. The van der Waals surface area contributed by atoms with Crippen molar-refractivity contribution in [1.29, 1.82) is 0 Å². The molecule has 0 radical (unpaired) electrons. The Balaban J connectivity index is 2.06. The van der Waals surface area contributed by atoms with Gasteiger partial charge in [0.1, 0.15) is 11.4 Å². The maximum absolute atomic E-state index is 11.6. The van der Waals surface area contributed by atoms with Crippen LogP contribution in [0.25, 0.3) is 0 Å². The summed E-state index contributed by atoms with van der Waals surface area (Å²) in [4.78, 5) is 15.7. The van der Waals surface area contributed by atoms with E-state index in [4.69, 9.17) is 5.73 Å². The second kappa shape index (κ2) is 6.71. The van der Waals surface area contributed by atoms with Crippen molar-refractivity contribution < 1.29 is 14.6 Å². The smallest absolute Gasteiger partial charge is 0.341 e. The number of nitrogen functional groups attached to an aromatic ring is 1. The van der Waals surface area contributed by atoms with Gasteiger partial charge in [-0.15, -0.1) is 0 Å². The van der Waals surface area contributed by atoms with Crippen LogP contribution in [-0.2, 0) is 4.74 Å². The maximum Gasteiger partial charge on any atom is 0.341 e. The molecule has 1 aromatic heterocycles. The molecule has 21 heavy (non-hydrogen) atoms. The lowest BCUT2D eigenvalue weighted by Crippen LogP contribution is -2.16. The van der Waals surface area contributed by atoms with Gasteiger partial charge in [0.15, 0.2) is 0 Å². The zero-order valence-electron chi connectivity index (χ0n) is 11.6. The fourth-order valence-electron chi connectivity index (χ4n) is 1.85. The minimum absolute atomic E-state index is 0.213. The minimum atomic E-state index is -0.738. The van der Waals surface area contributed by atoms with E-state index in [2.05, 4.69) is 15.0 Å². The summed E-state index contributed by atoms with van der Waals surface area (Å²) in [5.74, 6) is -0.105. The predicted molar refractivity (Wildman–Crippen MR) is 79.9 cm³/mol. The molecular weight excluding hydrogens is 270 g/mol. The first-order valence-corrected chi connectivity index (χ1v) is 6.42. The molecule has 2 aromatic rings. The molecule has 0 fully saturated rings. The second-order valence-corrected chi connectivity index (χ2v) is 4.45. The summed E-state index contributed by atoms with van der Waals surface area (Å²) in [5, 5.41) is 13.1. The number of carbonyl (C=O) groups is 1. The maximum atomic E-state index is 11.6. The Kier molecular flexibility index (Phi) is 4.73. The number of esters is 1. The van der Waals surface area contributed by atoms with E-state index in [0.717, 1.165) is 5.56 Å². The lowest BCUT2D eigenvalue weighted by molar-refractivity contribution is 0.0601. The lowest BCUT2D eigenvalue weighted by atomic mass is 10.1. The molecule has 1 atom stereocenters. The molecule has 1 aromatic carbocycles. The summed E-state index contributed by atoms with van der Waals surface area (Å²) in [5.41, 5.74) is 7.29. The van der Waals surface area contributed by atoms with Gasteiger partial charge < -0.3 is 20.9 Å². The zero-order valence-corrected chi connectivity index (χ0v) is 11.6. The number of hydrogen-bond donors (Lipinski definition) is 3. The summed E-state index contributed by atoms with van der Waals surface area (Å²) < 4.78 is 4.69. The van der Waals surface area contributed by atoms with Gasteiger partial charge in [-0.3, -0.25) is 0 Å². The molecule has 0 saturated carbocycles. The molecule has 4 N–H and O–H groups in total. The fraction of sp³-hybridized carbons (Fsp3) is 0.200. The first kappa shape index (κ1) is 14.8. The van der Waals surface area contributed by atoms with E-state index in [0.29, 0.717) is 17.1 Å². The van der Waals surface area contributed by atoms with Gasteiger partial charge in [0.2, 0.25) is 0 Å². The lowest BCUT2D eigenvalue weighted by Gasteiger charge is -2.14. The molecular formula is C15H17N3O3. The van der Waals surface area contributed by atoms with E-state index >= 15 is 0 Å². The van der Waals surface area contributed by atoms with Crippen molar-refractivity contribution >= 4 is 17.5 Å². The van der Waals surface area contributed by atoms with Crippen LogP contribution in [0.1, 0.15) is 22.0 Å². The van der Waals surface area contributed by atoms with Gasteiger partial charge in [0.05, 0.1) is 13.2 Å². The SMILES string of the molecule is COC(=O)c1cccnc1NCC(O)c1ccc(N)cc1. The number of methoxy groups -OCH3 is 1. The van der Waals surface area contributed by atoms with Gasteiger partial charge in [-0.2, -0.15) is 0 Å². The normalized spacial score (nSPS) is 11.7. The van der Waals surface area contributed by atoms with Crippen LogP contribution < -0.4 is 11.1 Å². The van der Waals surface area contributed by atoms with Crippen LogP contribution >= 0.6 is 0 Å². The number of aliphatic hydroxyl groups is 1. The molecule has 0 aliphatic carbocycles. The van der Waals surface area contributed by atoms with Crippen LogP contribution in [0.15, 0.2) is 42.6 Å². The van der Waals surface area contributed by atoms with Crippen LogP contribution in [-0.4, -0.2) is 29.7 Å². The highest BCUT2D eigenvalue weighted by atomic mass is 16.5. The number of ether oxygens (including phenoxy) is 1. The van der Waals surface area contributed by atoms with Crippen LogP contribution in [0.5, 0.6) is 0 Å². The number of carbonyl (C=O) groups excluding carboxylic acids is 1. The van der Waals surface area contributed by atoms with E-state index in [1.54, 1.807) is 42.6 Å². The first-order valence-electron chi connectivity index (χ1n) is 6.42. The molecule has 0 aliphatic heterocycles. The highest BCUT2D eigenvalue weighted by Crippen LogP contribution is 2.17. The number of rotatable bonds is 5. The predicted octanol–water partition coefficient (Wildman–Crippen LogP) is 1.60. The van der Waals surface area contributed by atoms with E-state index in [9.17, 15) is 9.90 Å². The summed E-state index contributed by atoms with van der Waals surface area (Å²) in [6, 6.07) is 10.2. The third kappa shape index (κ3) is 3.70. The Bertz CT molecular complexity index is 614. The largest absolute Gasteiger partial charge is 0.465 e. The molecule has 0 spiro atoms. The van der Waals surface area contributed by atoms with Gasteiger partial charge in [-0.1, -0.05) is 12.1 Å². The van der Waals surface area contributed by atoms with Crippen LogP contribution in [0, 0.1) is 0 Å². The molecule has 110 valence electrons. The Morgan fingerprint density at radius 3 is 2.76 bits per heavy atom. The molecule has 6 heteroatoms. The molecule has 2 rings (SSSR count). The third-order valence-electron chi connectivity index (χ3n) is 3.00. The van der Waals surface area contributed by atoms with E-state index in [-0.39, 0.29) is 6.54 Å². The number of nitrogens with two attached hydrogens (primary N) is 1. The summed E-state index contributed by atoms with van der Waals surface area (Å²) in [7, 11) is 1.31. The minimum Gasteiger partial charge on any atom is -0.465 e. The topological polar surface area (TPSA) is 97.5 Å². The van der Waals surface area contributed by atoms with Crippen molar-refractivity contribution in [2.75, 3.05) is 24.7 Å². The first-order chi connectivity index (χ1) is 10.1. The summed E-state index contributed by atoms with van der Waals surface area (Å²) in [6.07, 6.45) is 0.822. The van der Waals surface area contributed by atoms with Crippen LogP contribution in [0.4, 0.5) is 11.5 Å². The molecule has 0 amide bonds. The van der Waals surface area contributed by atoms with Crippen LogP contribution in [0.3, 0.4) is 0 Å². The zero-order chi connectivity index (χ0) is 15.2. The Hall–Kier alpha value is -2.60. The van der Waals surface area contributed by atoms with Crippen molar-refractivity contribution in [3.63, 3.8) is 0 Å². The Morgan fingerprint density at radius 1 is 1.38 bits per heavy atom. The number of hydrogen-bond acceptors (Lipinski definition) is 6. The second-order valence-electron chi connectivity index (χ2n) is 4.45. The highest BCUT2D eigenvalue weighted by molar-refractivity contribution is 5.94. The number of aliphatic hydroxyl groups excluding tert-OH is 1. The molecule has 1 heterocycles. The number of nitrogens with zero attached hydrogens (tertiary/aromatic N) is 1. The number of aromatic nitrogens is 1. The quantitative estimate of drug-likeness (QED) is 0.571. The van der Waals surface area contributed by atoms with Crippen LogP contribution in [0.2, 0.25) is 0 Å². The fourth-order valence-corrected chi connectivity index (χ4v) is 1.85. The molecule has 1 unspecified atom stereocenters. The van der Waals surface area contributed by atoms with E-state index < -0.39 is 12.1 Å². The van der Waals surface area contributed by atoms with E-state index in [1.165, 1.54) is 7.11 Å². The van der Waals surface area contributed by atoms with E-state index in [1.807, 2.05) is 0 Å². The molecule has 0 bridgehead atoms. The van der Waals surface area contributed by atoms with Gasteiger partial charge in [-0.05, 0) is 29.8 Å². The van der Waals surface area contributed by atoms with Crippen molar-refractivity contribution in [2.45, 2.75) is 6.10 Å². The van der Waals surface area contributed by atoms with Gasteiger partial charge in [0.25, 0.3) is 0 Å². The van der Waals surface area contributed by atoms with Crippen molar-refractivity contribution in [1.82, 2.24) is 4.98 Å². The van der Waals surface area contributed by atoms with Crippen molar-refractivity contribution in [2.24, 2.45) is 0 Å². The monoisotopic (exact) mass is 287 g/mol. The average Bonchev–Trinajstić information content (AvgIpc) is 2.52. The summed E-state index contributed by atoms with van der Waals surface area (Å²) in [6.45, 7) is 0.213. The van der Waals surface area contributed by atoms with Crippen molar-refractivity contribution in [3.05, 3.63) is 53.7 Å². The third-order valence-corrected chi connectivity index (χ3v) is 3.00. The Morgan fingerprint density at radius 2 is 2.10 bits per heavy atom. The standard InChI is InChI=1S/C15H17N3O3/c1-21-15(20)12-3-2-8-17-14(12)18-9-13(19)10-4-6-11(16)7-5-10/h2-8,13,19H,9,16H2,1H3,(H,17,18). The molecule has 0 saturated heterocycles. The van der Waals surface area contributed by atoms with Gasteiger partial charge in [-0.25, -0.2) is 9.78 Å². The number of anilines is 2. The number of benzene rings is 1. The Labute approximate surface area is 122 Å². The highest BCUT2D eigenvalue weighted by Gasteiger charge is 2.14. The summed E-state index contributed by atoms with van der Waals surface area (Å²) >= 11 is 0. The number of nitrogens with one attached hydrogen (secondary N) is 1.